The summed E-state index contributed by atoms with van der Waals surface area (Å²) in [6, 6.07) is 33.0. The lowest BCUT2D eigenvalue weighted by molar-refractivity contribution is -0.120. The van der Waals surface area contributed by atoms with Crippen molar-refractivity contribution in [3.05, 3.63) is 130 Å². The number of fused-ring (bicyclic) bond motifs is 2. The molecule has 2 aliphatic heterocycles. The lowest BCUT2D eigenvalue weighted by Gasteiger charge is -2.37. The van der Waals surface area contributed by atoms with Crippen LogP contribution in [0.3, 0.4) is 0 Å². The van der Waals surface area contributed by atoms with Crippen LogP contribution in [-0.4, -0.2) is 11.6 Å². The largest absolute Gasteiger partial charge is 0.322 e. The number of benzene rings is 4. The summed E-state index contributed by atoms with van der Waals surface area (Å²) in [4.78, 5) is 14.1. The molecule has 2 atom stereocenters. The molecule has 0 fully saturated rings. The molecule has 1 spiro atoms. The first-order chi connectivity index (χ1) is 16.6. The highest BCUT2D eigenvalue weighted by Gasteiger charge is 2.63. The number of hydrazone groups is 1. The zero-order valence-electron chi connectivity index (χ0n) is 18.0. The Hall–Kier alpha value is -3.60. The molecule has 2 aliphatic rings. The normalized spacial score (nSPS) is 20.9. The molecule has 0 aromatic heterocycles. The van der Waals surface area contributed by atoms with Gasteiger partial charge in [0.1, 0.15) is 0 Å². The lowest BCUT2D eigenvalue weighted by atomic mass is 9.72. The molecule has 4 aromatic carbocycles. The molecule has 166 valence electrons. The van der Waals surface area contributed by atoms with Crippen molar-refractivity contribution < 1.29 is 4.79 Å². The Bertz CT molecular complexity index is 1440. The van der Waals surface area contributed by atoms with Crippen LogP contribution in [0.5, 0.6) is 0 Å². The number of rotatable bonds is 3. The molecular formula is C28H19Cl2N3O. The maximum Gasteiger partial charge on any atom is 0.258 e. The first-order valence-electron chi connectivity index (χ1n) is 11.0. The number of hydrogen-bond acceptors (Lipinski definition) is 3. The Balaban J connectivity index is 1.72. The van der Waals surface area contributed by atoms with Gasteiger partial charge < -0.3 is 5.32 Å². The van der Waals surface area contributed by atoms with Gasteiger partial charge in [-0.15, -0.1) is 0 Å². The summed E-state index contributed by atoms with van der Waals surface area (Å²) in [5.74, 6) is -0.605. The number of carbonyl (C=O) groups is 1. The predicted molar refractivity (Wildman–Crippen MR) is 138 cm³/mol. The molecule has 0 bridgehead atoms. The zero-order valence-corrected chi connectivity index (χ0v) is 19.5. The van der Waals surface area contributed by atoms with Crippen LogP contribution >= 0.6 is 23.2 Å². The fourth-order valence-electron chi connectivity index (χ4n) is 5.11. The van der Waals surface area contributed by atoms with Gasteiger partial charge >= 0.3 is 0 Å². The Labute approximate surface area is 207 Å². The van der Waals surface area contributed by atoms with Gasteiger partial charge in [0.25, 0.3) is 5.91 Å². The van der Waals surface area contributed by atoms with E-state index in [1.54, 1.807) is 11.1 Å². The van der Waals surface area contributed by atoms with E-state index in [4.69, 9.17) is 28.3 Å². The van der Waals surface area contributed by atoms with Gasteiger partial charge in [-0.25, -0.2) is 5.01 Å². The smallest absolute Gasteiger partial charge is 0.258 e. The molecule has 0 saturated carbocycles. The van der Waals surface area contributed by atoms with Crippen molar-refractivity contribution in [3.8, 4) is 0 Å². The molecule has 0 unspecified atom stereocenters. The standard InChI is InChI=1S/C28H19Cl2N3O/c29-21-15-7-8-17-23(21)33-28(20-14-9-16-22(30)26(20)31-27(28)34)24(18-10-3-1-4-11-18)25(32-33)19-12-5-2-6-13-19/h1-17,24H,(H,31,34)/t24-,28-/m0/s1. The van der Waals surface area contributed by atoms with Crippen LogP contribution in [-0.2, 0) is 10.3 Å². The second kappa shape index (κ2) is 8.01. The van der Waals surface area contributed by atoms with Crippen molar-refractivity contribution >= 4 is 46.2 Å². The first kappa shape index (κ1) is 21.0. The van der Waals surface area contributed by atoms with E-state index < -0.39 is 11.5 Å². The second-order valence-electron chi connectivity index (χ2n) is 8.34. The monoisotopic (exact) mass is 483 g/mol. The number of amides is 1. The van der Waals surface area contributed by atoms with Gasteiger partial charge in [-0.3, -0.25) is 4.79 Å². The van der Waals surface area contributed by atoms with Crippen LogP contribution in [0.4, 0.5) is 11.4 Å². The maximum absolute atomic E-state index is 14.1. The zero-order chi connectivity index (χ0) is 23.3. The van der Waals surface area contributed by atoms with E-state index in [0.29, 0.717) is 21.4 Å². The Morgan fingerprint density at radius 2 is 1.41 bits per heavy atom. The summed E-state index contributed by atoms with van der Waals surface area (Å²) < 4.78 is 0. The van der Waals surface area contributed by atoms with E-state index in [9.17, 15) is 4.79 Å². The van der Waals surface area contributed by atoms with E-state index in [1.807, 2.05) is 97.1 Å². The number of nitrogens with one attached hydrogen (secondary N) is 1. The highest BCUT2D eigenvalue weighted by Crippen LogP contribution is 2.57. The summed E-state index contributed by atoms with van der Waals surface area (Å²) in [6.45, 7) is 0. The van der Waals surface area contributed by atoms with Gasteiger partial charge in [0, 0.05) is 5.56 Å². The van der Waals surface area contributed by atoms with Crippen LogP contribution < -0.4 is 10.3 Å². The van der Waals surface area contributed by atoms with Crippen molar-refractivity contribution in [1.29, 1.82) is 0 Å². The molecule has 1 amide bonds. The minimum Gasteiger partial charge on any atom is -0.322 e. The molecule has 0 radical (unpaired) electrons. The van der Waals surface area contributed by atoms with Gasteiger partial charge in [-0.05, 0) is 29.3 Å². The maximum atomic E-state index is 14.1. The number of nitrogens with zero attached hydrogens (tertiary/aromatic N) is 2. The van der Waals surface area contributed by atoms with E-state index in [-0.39, 0.29) is 5.91 Å². The summed E-state index contributed by atoms with van der Waals surface area (Å²) in [6.07, 6.45) is 0. The SMILES string of the molecule is O=C1Nc2c(Cl)cccc2[C@]12[C@@H](c1ccccc1)C(c1ccccc1)=NN2c1ccccc1Cl. The average Bonchev–Trinajstić information content (AvgIpc) is 3.38. The first-order valence-corrected chi connectivity index (χ1v) is 11.7. The van der Waals surface area contributed by atoms with Crippen LogP contribution in [0.1, 0.15) is 22.6 Å². The van der Waals surface area contributed by atoms with Crippen molar-refractivity contribution in [2.45, 2.75) is 11.5 Å². The number of hydrogen-bond donors (Lipinski definition) is 1. The minimum absolute atomic E-state index is 0.195. The van der Waals surface area contributed by atoms with Crippen molar-refractivity contribution in [2.24, 2.45) is 5.10 Å². The van der Waals surface area contributed by atoms with Crippen LogP contribution in [0, 0.1) is 0 Å². The molecule has 34 heavy (non-hydrogen) atoms. The average molecular weight is 484 g/mol. The quantitative estimate of drug-likeness (QED) is 0.346. The third kappa shape index (κ3) is 2.92. The van der Waals surface area contributed by atoms with Crippen molar-refractivity contribution in [1.82, 2.24) is 0 Å². The second-order valence-corrected chi connectivity index (χ2v) is 9.16. The highest BCUT2D eigenvalue weighted by molar-refractivity contribution is 6.36. The fourth-order valence-corrected chi connectivity index (χ4v) is 5.54. The molecule has 6 heteroatoms. The van der Waals surface area contributed by atoms with Crippen molar-refractivity contribution in [3.63, 3.8) is 0 Å². The molecule has 0 saturated heterocycles. The molecule has 2 heterocycles. The van der Waals surface area contributed by atoms with Gasteiger partial charge in [0.2, 0.25) is 0 Å². The van der Waals surface area contributed by atoms with E-state index in [1.165, 1.54) is 0 Å². The van der Waals surface area contributed by atoms with Gasteiger partial charge in [-0.2, -0.15) is 5.10 Å². The van der Waals surface area contributed by atoms with Gasteiger partial charge in [0.15, 0.2) is 5.54 Å². The van der Waals surface area contributed by atoms with Gasteiger partial charge in [0.05, 0.1) is 33.0 Å². The summed E-state index contributed by atoms with van der Waals surface area (Å²) >= 11 is 13.3. The van der Waals surface area contributed by atoms with Crippen molar-refractivity contribution in [2.75, 3.05) is 10.3 Å². The summed E-state index contributed by atoms with van der Waals surface area (Å²) in [5, 5.41) is 11.0. The third-order valence-electron chi connectivity index (χ3n) is 6.53. The number of anilines is 2. The number of para-hydroxylation sites is 2. The Morgan fingerprint density at radius 3 is 2.15 bits per heavy atom. The molecule has 1 N–H and O–H groups in total. The van der Waals surface area contributed by atoms with E-state index in [2.05, 4.69) is 5.32 Å². The Kier molecular flexibility index (Phi) is 4.94. The molecule has 4 aromatic rings. The lowest BCUT2D eigenvalue weighted by Crippen LogP contribution is -2.50. The number of carbonyl (C=O) groups excluding carboxylic acids is 1. The van der Waals surface area contributed by atoms with Crippen LogP contribution in [0.2, 0.25) is 10.0 Å². The molecular weight excluding hydrogens is 465 g/mol. The van der Waals surface area contributed by atoms with Crippen LogP contribution in [0.15, 0.2) is 108 Å². The van der Waals surface area contributed by atoms with E-state index >= 15 is 0 Å². The molecule has 0 aliphatic carbocycles. The predicted octanol–water partition coefficient (Wildman–Crippen LogP) is 6.85. The fraction of sp³-hybridized carbons (Fsp3) is 0.0714. The summed E-state index contributed by atoms with van der Waals surface area (Å²) in [7, 11) is 0. The topological polar surface area (TPSA) is 44.7 Å². The number of halogens is 2. The van der Waals surface area contributed by atoms with Gasteiger partial charge in [-0.1, -0.05) is 108 Å². The molecule has 6 rings (SSSR count). The van der Waals surface area contributed by atoms with Crippen LogP contribution in [0.25, 0.3) is 0 Å². The minimum atomic E-state index is -1.21. The summed E-state index contributed by atoms with van der Waals surface area (Å²) in [5.41, 5.74) is 3.52. The third-order valence-corrected chi connectivity index (χ3v) is 7.16. The van der Waals surface area contributed by atoms with E-state index in [0.717, 1.165) is 22.4 Å². The molecule has 4 nitrogen and oxygen atoms in total. The Morgan fingerprint density at radius 1 is 0.765 bits per heavy atom. The highest BCUT2D eigenvalue weighted by atomic mass is 35.5.